The van der Waals surface area contributed by atoms with Crippen molar-refractivity contribution in [3.63, 3.8) is 0 Å². The maximum atomic E-state index is 13.3. The standard InChI is InChI=1S/C20H25ClN6O.C2H3N.2C2H6/c1-4-7-11-26-16-17(25-12-9-22-10-13-25)23-19(21)24-18(16)27(20(26)28)14-15(6-3)8-5-2;1-2-3;2*1-2/h5-6,8,22H,9-14H2,1-3H3;1H3;2*1-2H3/b8-5-,15-6+;;;. The van der Waals surface area contributed by atoms with Crippen molar-refractivity contribution in [3.8, 4) is 17.9 Å². The Labute approximate surface area is 215 Å². The lowest BCUT2D eigenvalue weighted by Gasteiger charge is -2.28. The summed E-state index contributed by atoms with van der Waals surface area (Å²) in [5.74, 6) is 6.56. The predicted molar refractivity (Wildman–Crippen MR) is 148 cm³/mol. The summed E-state index contributed by atoms with van der Waals surface area (Å²) in [5, 5.41) is 10.8. The summed E-state index contributed by atoms with van der Waals surface area (Å²) < 4.78 is 3.31. The Hall–Kier alpha value is -3.07. The third-order valence-electron chi connectivity index (χ3n) is 4.73. The first kappa shape index (κ1) is 31.9. The Balaban J connectivity index is 0.00000150. The molecule has 8 nitrogen and oxygen atoms in total. The number of aromatic nitrogens is 4. The number of imidazole rings is 1. The van der Waals surface area contributed by atoms with Crippen molar-refractivity contribution in [2.45, 2.75) is 68.5 Å². The topological polar surface area (TPSA) is 91.8 Å². The van der Waals surface area contributed by atoms with Crippen LogP contribution < -0.4 is 15.9 Å². The minimum absolute atomic E-state index is 0.140. The van der Waals surface area contributed by atoms with E-state index >= 15 is 0 Å². The summed E-state index contributed by atoms with van der Waals surface area (Å²) in [6, 6.07) is 1.75. The summed E-state index contributed by atoms with van der Waals surface area (Å²) in [6.45, 7) is 19.1. The van der Waals surface area contributed by atoms with E-state index < -0.39 is 0 Å². The first-order valence-corrected chi connectivity index (χ1v) is 12.5. The Kier molecular flexibility index (Phi) is 16.7. The summed E-state index contributed by atoms with van der Waals surface area (Å²) in [7, 11) is 0. The lowest BCUT2D eigenvalue weighted by Crippen LogP contribution is -2.44. The highest BCUT2D eigenvalue weighted by Gasteiger charge is 2.24. The zero-order valence-corrected chi connectivity index (χ0v) is 23.2. The van der Waals surface area contributed by atoms with Gasteiger partial charge in [0.05, 0.1) is 19.2 Å². The number of hydrogen-bond donors (Lipinski definition) is 1. The molecule has 192 valence electrons. The SMILES string of the molecule is CC.CC.CC#CCn1c(=O)n(CC(/C=C\C)=C/C)c2nc(Cl)nc(N3CCNCC3)c21.CC#N. The molecule has 3 rings (SSSR count). The van der Waals surface area contributed by atoms with Crippen LogP contribution in [0.1, 0.15) is 55.4 Å². The Morgan fingerprint density at radius 3 is 2.23 bits per heavy atom. The third-order valence-corrected chi connectivity index (χ3v) is 4.90. The second-order valence-electron chi connectivity index (χ2n) is 6.69. The maximum absolute atomic E-state index is 13.3. The van der Waals surface area contributed by atoms with Crippen LogP contribution in [0.25, 0.3) is 11.2 Å². The highest BCUT2D eigenvalue weighted by molar-refractivity contribution is 6.28. The fourth-order valence-electron chi connectivity index (χ4n) is 3.35. The molecule has 1 fully saturated rings. The van der Waals surface area contributed by atoms with Gasteiger partial charge < -0.3 is 10.2 Å². The van der Waals surface area contributed by atoms with Crippen molar-refractivity contribution in [1.29, 1.82) is 5.26 Å². The lowest BCUT2D eigenvalue weighted by atomic mass is 10.2. The van der Waals surface area contributed by atoms with Crippen LogP contribution in [0.15, 0.2) is 28.6 Å². The van der Waals surface area contributed by atoms with Crippen molar-refractivity contribution >= 4 is 28.6 Å². The molecule has 0 spiro atoms. The van der Waals surface area contributed by atoms with Crippen molar-refractivity contribution < 1.29 is 0 Å². The maximum Gasteiger partial charge on any atom is 0.331 e. The van der Waals surface area contributed by atoms with E-state index in [0.717, 1.165) is 31.8 Å². The van der Waals surface area contributed by atoms with E-state index in [9.17, 15) is 4.79 Å². The second kappa shape index (κ2) is 18.3. The molecule has 35 heavy (non-hydrogen) atoms. The number of hydrogen-bond acceptors (Lipinski definition) is 6. The van der Waals surface area contributed by atoms with Gasteiger partial charge in [-0.25, -0.2) is 4.79 Å². The van der Waals surface area contributed by atoms with Crippen LogP contribution in [0.3, 0.4) is 0 Å². The van der Waals surface area contributed by atoms with Gasteiger partial charge in [-0.15, -0.1) is 5.92 Å². The molecule has 0 bridgehead atoms. The van der Waals surface area contributed by atoms with Crippen molar-refractivity contribution in [1.82, 2.24) is 24.4 Å². The zero-order chi connectivity index (χ0) is 26.8. The second-order valence-corrected chi connectivity index (χ2v) is 7.03. The molecule has 1 saturated heterocycles. The number of nitrogens with zero attached hydrogens (tertiary/aromatic N) is 6. The van der Waals surface area contributed by atoms with Gasteiger partial charge in [0.2, 0.25) is 5.28 Å². The molecule has 0 atom stereocenters. The van der Waals surface area contributed by atoms with Crippen LogP contribution in [0.5, 0.6) is 0 Å². The molecule has 2 aromatic rings. The van der Waals surface area contributed by atoms with Crippen LogP contribution in [-0.4, -0.2) is 45.3 Å². The van der Waals surface area contributed by atoms with Gasteiger partial charge in [-0.1, -0.05) is 51.8 Å². The number of fused-ring (bicyclic) bond motifs is 1. The van der Waals surface area contributed by atoms with Crippen molar-refractivity contribution in [2.75, 3.05) is 31.1 Å². The van der Waals surface area contributed by atoms with E-state index in [1.165, 1.54) is 6.92 Å². The summed E-state index contributed by atoms with van der Waals surface area (Å²) >= 11 is 6.27. The molecule has 0 aliphatic carbocycles. The Morgan fingerprint density at radius 2 is 1.71 bits per heavy atom. The molecule has 0 radical (unpaired) electrons. The number of halogens is 1. The normalized spacial score (nSPS) is 12.8. The minimum atomic E-state index is -0.158. The van der Waals surface area contributed by atoms with Gasteiger partial charge in [0, 0.05) is 33.1 Å². The molecular weight excluding hydrogens is 462 g/mol. The highest BCUT2D eigenvalue weighted by Crippen LogP contribution is 2.26. The van der Waals surface area contributed by atoms with Gasteiger partial charge in [0.25, 0.3) is 0 Å². The van der Waals surface area contributed by atoms with Crippen LogP contribution >= 0.6 is 11.6 Å². The van der Waals surface area contributed by atoms with Crippen LogP contribution in [0, 0.1) is 23.2 Å². The number of rotatable bonds is 5. The van der Waals surface area contributed by atoms with Gasteiger partial charge >= 0.3 is 5.69 Å². The van der Waals surface area contributed by atoms with Gasteiger partial charge in [-0.3, -0.25) is 9.13 Å². The minimum Gasteiger partial charge on any atom is -0.352 e. The molecule has 3 heterocycles. The monoisotopic (exact) mass is 501 g/mol. The Morgan fingerprint density at radius 1 is 1.11 bits per heavy atom. The number of anilines is 1. The average Bonchev–Trinajstić information content (AvgIpc) is 3.15. The van der Waals surface area contributed by atoms with Crippen LogP contribution in [0.4, 0.5) is 5.82 Å². The van der Waals surface area contributed by atoms with Gasteiger partial charge in [-0.2, -0.15) is 15.2 Å². The van der Waals surface area contributed by atoms with E-state index in [4.69, 9.17) is 16.9 Å². The van der Waals surface area contributed by atoms with E-state index in [0.29, 0.717) is 23.5 Å². The molecule has 9 heteroatoms. The number of piperazine rings is 1. The molecule has 1 aliphatic heterocycles. The van der Waals surface area contributed by atoms with Crippen molar-refractivity contribution in [2.24, 2.45) is 0 Å². The van der Waals surface area contributed by atoms with Gasteiger partial charge in [-0.05, 0) is 37.9 Å². The van der Waals surface area contributed by atoms with E-state index in [1.54, 1.807) is 22.1 Å². The third kappa shape index (κ3) is 8.90. The molecule has 1 aliphatic rings. The molecule has 0 unspecified atom stereocenters. The fourth-order valence-corrected chi connectivity index (χ4v) is 3.51. The van der Waals surface area contributed by atoms with Crippen LogP contribution in [-0.2, 0) is 13.1 Å². The predicted octanol–water partition coefficient (Wildman–Crippen LogP) is 4.78. The van der Waals surface area contributed by atoms with Gasteiger partial charge in [0.1, 0.15) is 5.52 Å². The molecule has 0 amide bonds. The molecule has 0 saturated carbocycles. The highest BCUT2D eigenvalue weighted by atomic mass is 35.5. The first-order chi connectivity index (χ1) is 17.0. The zero-order valence-electron chi connectivity index (χ0n) is 22.4. The van der Waals surface area contributed by atoms with E-state index in [2.05, 4.69) is 32.0 Å². The molecule has 2 aromatic heterocycles. The fraction of sp³-hybridized carbons (Fsp3) is 0.538. The number of nitriles is 1. The summed E-state index contributed by atoms with van der Waals surface area (Å²) in [5.41, 5.74) is 2.09. The molecule has 0 aromatic carbocycles. The quantitative estimate of drug-likeness (QED) is 0.360. The smallest absolute Gasteiger partial charge is 0.331 e. The molecular formula is C26H40ClN7O. The van der Waals surface area contributed by atoms with E-state index in [-0.39, 0.29) is 17.5 Å². The summed E-state index contributed by atoms with van der Waals surface area (Å²) in [6.07, 6.45) is 5.93. The largest absolute Gasteiger partial charge is 0.352 e. The van der Waals surface area contributed by atoms with E-state index in [1.807, 2.05) is 59.8 Å². The molecule has 1 N–H and O–H groups in total. The number of nitrogens with one attached hydrogen (secondary N) is 1. The summed E-state index contributed by atoms with van der Waals surface area (Å²) in [4.78, 5) is 24.3. The average molecular weight is 502 g/mol. The van der Waals surface area contributed by atoms with Crippen LogP contribution in [0.2, 0.25) is 5.28 Å². The Bertz CT molecular complexity index is 1120. The first-order valence-electron chi connectivity index (χ1n) is 12.1. The number of allylic oxidation sites excluding steroid dienone is 4. The van der Waals surface area contributed by atoms with Crippen molar-refractivity contribution in [3.05, 3.63) is 39.6 Å². The van der Waals surface area contributed by atoms with Gasteiger partial charge in [0.15, 0.2) is 11.5 Å². The lowest BCUT2D eigenvalue weighted by molar-refractivity contribution is 0.585.